The van der Waals surface area contributed by atoms with Crippen LogP contribution in [0.15, 0.2) is 48.5 Å². The van der Waals surface area contributed by atoms with Crippen molar-refractivity contribution >= 4 is 11.4 Å². The van der Waals surface area contributed by atoms with Gasteiger partial charge in [-0.3, -0.25) is 0 Å². The van der Waals surface area contributed by atoms with Crippen molar-refractivity contribution in [3.05, 3.63) is 48.5 Å². The molecule has 0 unspecified atom stereocenters. The lowest BCUT2D eigenvalue weighted by molar-refractivity contribution is 0.790. The van der Waals surface area contributed by atoms with Crippen molar-refractivity contribution in [2.75, 3.05) is 23.7 Å². The molecule has 0 aliphatic rings. The minimum absolute atomic E-state index is 0.674. The van der Waals surface area contributed by atoms with Gasteiger partial charge in [0.1, 0.15) is 0 Å². The standard InChI is InChI=1S/C17H20N6/c1-3-22(4-2)15-8-10-16(11-9-15)23-17(19-20-21-23)13-6-5-7-14(18)12-13/h5-12H,3-4,18H2,1-2H3. The molecular formula is C17H20N6. The summed E-state index contributed by atoms with van der Waals surface area (Å²) in [7, 11) is 0. The third-order valence-electron chi connectivity index (χ3n) is 3.84. The molecule has 1 heterocycles. The van der Waals surface area contributed by atoms with E-state index in [2.05, 4.69) is 46.4 Å². The molecule has 0 spiro atoms. The molecule has 0 saturated heterocycles. The topological polar surface area (TPSA) is 72.9 Å². The Labute approximate surface area is 135 Å². The number of nitrogens with zero attached hydrogens (tertiary/aromatic N) is 5. The van der Waals surface area contributed by atoms with Gasteiger partial charge in [0.2, 0.25) is 0 Å². The summed E-state index contributed by atoms with van der Waals surface area (Å²) in [6, 6.07) is 15.8. The van der Waals surface area contributed by atoms with Crippen LogP contribution in [-0.4, -0.2) is 33.3 Å². The quantitative estimate of drug-likeness (QED) is 0.734. The molecule has 1 aromatic heterocycles. The van der Waals surface area contributed by atoms with E-state index in [4.69, 9.17) is 5.73 Å². The molecular weight excluding hydrogens is 288 g/mol. The molecule has 0 amide bonds. The predicted molar refractivity (Wildman–Crippen MR) is 92.6 cm³/mol. The van der Waals surface area contributed by atoms with Gasteiger partial charge in [-0.1, -0.05) is 12.1 Å². The van der Waals surface area contributed by atoms with E-state index < -0.39 is 0 Å². The lowest BCUT2D eigenvalue weighted by Gasteiger charge is -2.21. The molecule has 0 bridgehead atoms. The molecule has 0 aliphatic carbocycles. The summed E-state index contributed by atoms with van der Waals surface area (Å²) in [5, 5.41) is 12.0. The number of hydrogen-bond donors (Lipinski definition) is 1. The van der Waals surface area contributed by atoms with E-state index >= 15 is 0 Å². The lowest BCUT2D eigenvalue weighted by Crippen LogP contribution is -2.21. The number of aromatic nitrogens is 4. The first-order valence-electron chi connectivity index (χ1n) is 7.72. The van der Waals surface area contributed by atoms with Crippen molar-refractivity contribution in [3.8, 4) is 17.1 Å². The molecule has 3 aromatic rings. The van der Waals surface area contributed by atoms with Gasteiger partial charge in [-0.15, -0.1) is 5.10 Å². The Bertz CT molecular complexity index is 774. The molecule has 2 N–H and O–H groups in total. The molecule has 6 heteroatoms. The number of hydrogen-bond acceptors (Lipinski definition) is 5. The van der Waals surface area contributed by atoms with E-state index in [1.54, 1.807) is 4.68 Å². The number of benzene rings is 2. The van der Waals surface area contributed by atoms with Gasteiger partial charge in [0.25, 0.3) is 0 Å². The maximum atomic E-state index is 5.85. The lowest BCUT2D eigenvalue weighted by atomic mass is 10.2. The second-order valence-electron chi connectivity index (χ2n) is 5.23. The fourth-order valence-corrected chi connectivity index (χ4v) is 2.61. The third kappa shape index (κ3) is 3.01. The Morgan fingerprint density at radius 2 is 1.78 bits per heavy atom. The highest BCUT2D eigenvalue weighted by Crippen LogP contribution is 2.23. The second-order valence-corrected chi connectivity index (χ2v) is 5.23. The molecule has 0 atom stereocenters. The highest BCUT2D eigenvalue weighted by molar-refractivity contribution is 5.63. The number of rotatable bonds is 5. The minimum atomic E-state index is 0.674. The van der Waals surface area contributed by atoms with Crippen molar-refractivity contribution < 1.29 is 0 Å². The SMILES string of the molecule is CCN(CC)c1ccc(-n2nnnc2-c2cccc(N)c2)cc1. The van der Waals surface area contributed by atoms with E-state index in [9.17, 15) is 0 Å². The average Bonchev–Trinajstić information content (AvgIpc) is 3.06. The molecule has 23 heavy (non-hydrogen) atoms. The second kappa shape index (κ2) is 6.48. The van der Waals surface area contributed by atoms with Gasteiger partial charge in [-0.05, 0) is 60.7 Å². The largest absolute Gasteiger partial charge is 0.399 e. The fourth-order valence-electron chi connectivity index (χ4n) is 2.61. The van der Waals surface area contributed by atoms with Crippen LogP contribution in [0, 0.1) is 0 Å². The van der Waals surface area contributed by atoms with E-state index in [-0.39, 0.29) is 0 Å². The van der Waals surface area contributed by atoms with Gasteiger partial charge >= 0.3 is 0 Å². The maximum absolute atomic E-state index is 5.85. The minimum Gasteiger partial charge on any atom is -0.399 e. The van der Waals surface area contributed by atoms with Crippen LogP contribution in [0.2, 0.25) is 0 Å². The number of anilines is 2. The molecule has 0 saturated carbocycles. The third-order valence-corrected chi connectivity index (χ3v) is 3.84. The van der Waals surface area contributed by atoms with Crippen molar-refractivity contribution in [1.29, 1.82) is 0 Å². The normalized spacial score (nSPS) is 10.7. The number of nitrogens with two attached hydrogens (primary N) is 1. The van der Waals surface area contributed by atoms with Crippen LogP contribution in [0.25, 0.3) is 17.1 Å². The van der Waals surface area contributed by atoms with E-state index in [1.807, 2.05) is 36.4 Å². The Morgan fingerprint density at radius 1 is 1.04 bits per heavy atom. The summed E-state index contributed by atoms with van der Waals surface area (Å²) < 4.78 is 1.72. The maximum Gasteiger partial charge on any atom is 0.187 e. The number of tetrazole rings is 1. The van der Waals surface area contributed by atoms with Crippen LogP contribution in [0.3, 0.4) is 0 Å². The first-order chi connectivity index (χ1) is 11.2. The Kier molecular flexibility index (Phi) is 4.23. The van der Waals surface area contributed by atoms with Crippen LogP contribution >= 0.6 is 0 Å². The highest BCUT2D eigenvalue weighted by Gasteiger charge is 2.11. The Hall–Kier alpha value is -2.89. The Balaban J connectivity index is 1.96. The molecule has 0 aliphatic heterocycles. The van der Waals surface area contributed by atoms with Gasteiger partial charge in [0.15, 0.2) is 5.82 Å². The molecule has 118 valence electrons. The van der Waals surface area contributed by atoms with Crippen molar-refractivity contribution in [2.45, 2.75) is 13.8 Å². The van der Waals surface area contributed by atoms with Crippen LogP contribution in [0.4, 0.5) is 11.4 Å². The molecule has 0 radical (unpaired) electrons. The van der Waals surface area contributed by atoms with Crippen molar-refractivity contribution in [1.82, 2.24) is 20.2 Å². The molecule has 0 fully saturated rings. The summed E-state index contributed by atoms with van der Waals surface area (Å²) in [5.41, 5.74) is 9.55. The zero-order chi connectivity index (χ0) is 16.2. The zero-order valence-corrected chi connectivity index (χ0v) is 13.3. The van der Waals surface area contributed by atoms with Gasteiger partial charge in [-0.2, -0.15) is 4.68 Å². The van der Waals surface area contributed by atoms with E-state index in [1.165, 1.54) is 5.69 Å². The smallest absolute Gasteiger partial charge is 0.187 e. The van der Waals surface area contributed by atoms with Crippen LogP contribution in [0.5, 0.6) is 0 Å². The van der Waals surface area contributed by atoms with Crippen LogP contribution < -0.4 is 10.6 Å². The monoisotopic (exact) mass is 308 g/mol. The zero-order valence-electron chi connectivity index (χ0n) is 13.3. The predicted octanol–water partition coefficient (Wildman–Crippen LogP) is 2.76. The van der Waals surface area contributed by atoms with Crippen molar-refractivity contribution in [3.63, 3.8) is 0 Å². The van der Waals surface area contributed by atoms with Crippen molar-refractivity contribution in [2.24, 2.45) is 0 Å². The first-order valence-corrected chi connectivity index (χ1v) is 7.72. The van der Waals surface area contributed by atoms with Gasteiger partial charge in [0.05, 0.1) is 5.69 Å². The molecule has 2 aromatic carbocycles. The summed E-state index contributed by atoms with van der Waals surface area (Å²) >= 11 is 0. The van der Waals surface area contributed by atoms with E-state index in [0.29, 0.717) is 11.5 Å². The summed E-state index contributed by atoms with van der Waals surface area (Å²) in [6.07, 6.45) is 0. The summed E-state index contributed by atoms with van der Waals surface area (Å²) in [4.78, 5) is 2.29. The average molecular weight is 308 g/mol. The van der Waals surface area contributed by atoms with Gasteiger partial charge in [-0.25, -0.2) is 0 Å². The summed E-state index contributed by atoms with van der Waals surface area (Å²) in [6.45, 7) is 6.26. The summed E-state index contributed by atoms with van der Waals surface area (Å²) in [5.74, 6) is 0.674. The van der Waals surface area contributed by atoms with Gasteiger partial charge in [0, 0.05) is 30.0 Å². The Morgan fingerprint density at radius 3 is 2.43 bits per heavy atom. The number of nitrogen functional groups attached to an aromatic ring is 1. The van der Waals surface area contributed by atoms with Crippen LogP contribution in [0.1, 0.15) is 13.8 Å². The van der Waals surface area contributed by atoms with Gasteiger partial charge < -0.3 is 10.6 Å². The van der Waals surface area contributed by atoms with Crippen LogP contribution in [-0.2, 0) is 0 Å². The molecule has 6 nitrogen and oxygen atoms in total. The van der Waals surface area contributed by atoms with E-state index in [0.717, 1.165) is 24.3 Å². The fraction of sp³-hybridized carbons (Fsp3) is 0.235. The highest BCUT2D eigenvalue weighted by atomic mass is 15.5. The first kappa shape index (κ1) is 15.0. The molecule has 3 rings (SSSR count).